The number of carbonyl (C=O) groups is 1. The highest BCUT2D eigenvalue weighted by Crippen LogP contribution is 2.47. The third-order valence-corrected chi connectivity index (χ3v) is 5.45. The van der Waals surface area contributed by atoms with E-state index in [0.717, 1.165) is 38.3 Å². The van der Waals surface area contributed by atoms with Crippen LogP contribution in [0.25, 0.3) is 0 Å². The van der Waals surface area contributed by atoms with Crippen LogP contribution >= 0.6 is 0 Å². The van der Waals surface area contributed by atoms with Crippen LogP contribution in [0.4, 0.5) is 0 Å². The van der Waals surface area contributed by atoms with Gasteiger partial charge in [0.2, 0.25) is 5.91 Å². The number of hydrogen-bond acceptors (Lipinski definition) is 2. The van der Waals surface area contributed by atoms with Gasteiger partial charge in [0, 0.05) is 12.5 Å². The number of nitrogens with two attached hydrogens (primary N) is 1. The lowest BCUT2D eigenvalue weighted by Gasteiger charge is -2.28. The van der Waals surface area contributed by atoms with Crippen molar-refractivity contribution in [3.8, 4) is 0 Å². The topological polar surface area (TPSA) is 55.1 Å². The molecule has 2 aliphatic rings. The minimum atomic E-state index is 0.279. The van der Waals surface area contributed by atoms with Crippen LogP contribution in [0.3, 0.4) is 0 Å². The standard InChI is InChI=1S/C17H32N2O/c1-2-3-4-14-5-7-15(8-6-14)16(20)19-13-17(9-10-17)11-12-18/h14-15H,2-13,18H2,1H3,(H,19,20). The van der Waals surface area contributed by atoms with E-state index in [9.17, 15) is 4.79 Å². The summed E-state index contributed by atoms with van der Waals surface area (Å²) in [6, 6.07) is 0. The molecule has 2 fully saturated rings. The van der Waals surface area contributed by atoms with Crippen molar-refractivity contribution in [3.05, 3.63) is 0 Å². The number of carbonyl (C=O) groups excluding carboxylic acids is 1. The molecule has 116 valence electrons. The van der Waals surface area contributed by atoms with Gasteiger partial charge in [-0.25, -0.2) is 0 Å². The minimum absolute atomic E-state index is 0.279. The van der Waals surface area contributed by atoms with Gasteiger partial charge in [-0.3, -0.25) is 4.79 Å². The average molecular weight is 280 g/mol. The summed E-state index contributed by atoms with van der Waals surface area (Å²) in [5, 5.41) is 3.20. The van der Waals surface area contributed by atoms with Crippen molar-refractivity contribution in [2.75, 3.05) is 13.1 Å². The van der Waals surface area contributed by atoms with E-state index in [-0.39, 0.29) is 5.92 Å². The lowest BCUT2D eigenvalue weighted by molar-refractivity contribution is -0.126. The first-order chi connectivity index (χ1) is 9.69. The van der Waals surface area contributed by atoms with Crippen molar-refractivity contribution < 1.29 is 4.79 Å². The molecule has 0 radical (unpaired) electrons. The molecule has 3 nitrogen and oxygen atoms in total. The Labute approximate surface area is 124 Å². The summed E-state index contributed by atoms with van der Waals surface area (Å²) in [5.41, 5.74) is 6.01. The van der Waals surface area contributed by atoms with Gasteiger partial charge in [-0.05, 0) is 62.8 Å². The largest absolute Gasteiger partial charge is 0.355 e. The van der Waals surface area contributed by atoms with Gasteiger partial charge in [-0.2, -0.15) is 0 Å². The van der Waals surface area contributed by atoms with Crippen LogP contribution in [0, 0.1) is 17.3 Å². The second-order valence-electron chi connectivity index (χ2n) is 7.12. The molecule has 0 aromatic carbocycles. The first-order valence-electron chi connectivity index (χ1n) is 8.67. The van der Waals surface area contributed by atoms with Gasteiger partial charge in [0.05, 0.1) is 0 Å². The predicted octanol–water partition coefficient (Wildman–Crippen LogP) is 3.23. The lowest BCUT2D eigenvalue weighted by Crippen LogP contribution is -2.37. The summed E-state index contributed by atoms with van der Waals surface area (Å²) < 4.78 is 0. The fraction of sp³-hybridized carbons (Fsp3) is 0.941. The SMILES string of the molecule is CCCCC1CCC(C(=O)NCC2(CCN)CC2)CC1. The zero-order valence-corrected chi connectivity index (χ0v) is 13.1. The molecule has 2 rings (SSSR count). The zero-order chi connectivity index (χ0) is 14.4. The molecule has 3 N–H and O–H groups in total. The number of rotatable bonds is 8. The summed E-state index contributed by atoms with van der Waals surface area (Å²) in [4.78, 5) is 12.3. The first-order valence-corrected chi connectivity index (χ1v) is 8.67. The third-order valence-electron chi connectivity index (χ3n) is 5.45. The maximum Gasteiger partial charge on any atom is 0.223 e. The third kappa shape index (κ3) is 4.47. The van der Waals surface area contributed by atoms with E-state index in [1.165, 1.54) is 44.9 Å². The second-order valence-corrected chi connectivity index (χ2v) is 7.12. The summed E-state index contributed by atoms with van der Waals surface area (Å²) >= 11 is 0. The van der Waals surface area contributed by atoms with Crippen LogP contribution in [0.5, 0.6) is 0 Å². The Hall–Kier alpha value is -0.570. The molecular weight excluding hydrogens is 248 g/mol. The van der Waals surface area contributed by atoms with Crippen molar-refractivity contribution in [1.82, 2.24) is 5.32 Å². The van der Waals surface area contributed by atoms with E-state index >= 15 is 0 Å². The molecular formula is C17H32N2O. The Morgan fingerprint density at radius 3 is 2.50 bits per heavy atom. The van der Waals surface area contributed by atoms with Crippen LogP contribution in [-0.2, 0) is 4.79 Å². The van der Waals surface area contributed by atoms with Crippen LogP contribution in [0.15, 0.2) is 0 Å². The highest BCUT2D eigenvalue weighted by Gasteiger charge is 2.42. The van der Waals surface area contributed by atoms with Crippen LogP contribution in [-0.4, -0.2) is 19.0 Å². The Morgan fingerprint density at radius 2 is 1.95 bits per heavy atom. The smallest absolute Gasteiger partial charge is 0.223 e. The van der Waals surface area contributed by atoms with Gasteiger partial charge in [0.15, 0.2) is 0 Å². The van der Waals surface area contributed by atoms with Crippen LogP contribution in [0.2, 0.25) is 0 Å². The van der Waals surface area contributed by atoms with E-state index in [0.29, 0.717) is 11.3 Å². The maximum absolute atomic E-state index is 12.3. The molecule has 0 unspecified atom stereocenters. The van der Waals surface area contributed by atoms with E-state index in [1.807, 2.05) is 0 Å². The molecule has 0 spiro atoms. The summed E-state index contributed by atoms with van der Waals surface area (Å²) in [6.45, 7) is 3.87. The predicted molar refractivity (Wildman–Crippen MR) is 83.3 cm³/mol. The molecule has 3 heteroatoms. The molecule has 0 aliphatic heterocycles. The van der Waals surface area contributed by atoms with Crippen molar-refractivity contribution in [2.45, 2.75) is 71.1 Å². The van der Waals surface area contributed by atoms with Gasteiger partial charge in [-0.15, -0.1) is 0 Å². The van der Waals surface area contributed by atoms with Crippen LogP contribution < -0.4 is 11.1 Å². The zero-order valence-electron chi connectivity index (χ0n) is 13.1. The van der Waals surface area contributed by atoms with Gasteiger partial charge in [-0.1, -0.05) is 26.2 Å². The Morgan fingerprint density at radius 1 is 1.25 bits per heavy atom. The molecule has 0 bridgehead atoms. The quantitative estimate of drug-likeness (QED) is 0.717. The molecule has 0 heterocycles. The summed E-state index contributed by atoms with van der Waals surface area (Å²) in [5.74, 6) is 1.47. The van der Waals surface area contributed by atoms with Gasteiger partial charge >= 0.3 is 0 Å². The molecule has 2 saturated carbocycles. The van der Waals surface area contributed by atoms with Crippen molar-refractivity contribution >= 4 is 5.91 Å². The Bertz CT molecular complexity index is 304. The number of hydrogen-bond donors (Lipinski definition) is 2. The van der Waals surface area contributed by atoms with Crippen LogP contribution in [0.1, 0.15) is 71.1 Å². The monoisotopic (exact) mass is 280 g/mol. The van der Waals surface area contributed by atoms with Crippen molar-refractivity contribution in [2.24, 2.45) is 23.0 Å². The van der Waals surface area contributed by atoms with Gasteiger partial charge < -0.3 is 11.1 Å². The highest BCUT2D eigenvalue weighted by atomic mass is 16.1. The summed E-state index contributed by atoms with van der Waals surface area (Å²) in [7, 11) is 0. The number of amides is 1. The summed E-state index contributed by atoms with van der Waals surface area (Å²) in [6.07, 6.45) is 12.3. The van der Waals surface area contributed by atoms with E-state index in [4.69, 9.17) is 5.73 Å². The molecule has 1 amide bonds. The fourth-order valence-electron chi connectivity index (χ4n) is 3.62. The average Bonchev–Trinajstić information content (AvgIpc) is 3.24. The Balaban J connectivity index is 1.64. The fourth-order valence-corrected chi connectivity index (χ4v) is 3.62. The lowest BCUT2D eigenvalue weighted by atomic mass is 9.79. The maximum atomic E-state index is 12.3. The van der Waals surface area contributed by atoms with E-state index < -0.39 is 0 Å². The molecule has 0 aromatic heterocycles. The van der Waals surface area contributed by atoms with Gasteiger partial charge in [0.25, 0.3) is 0 Å². The van der Waals surface area contributed by atoms with Crippen molar-refractivity contribution in [3.63, 3.8) is 0 Å². The Kier molecular flexibility index (Phi) is 5.88. The first kappa shape index (κ1) is 15.8. The molecule has 20 heavy (non-hydrogen) atoms. The van der Waals surface area contributed by atoms with E-state index in [2.05, 4.69) is 12.2 Å². The molecule has 2 aliphatic carbocycles. The number of nitrogens with one attached hydrogen (secondary N) is 1. The second kappa shape index (κ2) is 7.44. The number of unbranched alkanes of at least 4 members (excludes halogenated alkanes) is 1. The van der Waals surface area contributed by atoms with E-state index in [1.54, 1.807) is 0 Å². The minimum Gasteiger partial charge on any atom is -0.355 e. The van der Waals surface area contributed by atoms with Gasteiger partial charge in [0.1, 0.15) is 0 Å². The normalized spacial score (nSPS) is 28.1. The molecule has 0 atom stereocenters. The molecule has 0 aromatic rings. The highest BCUT2D eigenvalue weighted by molar-refractivity contribution is 5.78. The molecule has 0 saturated heterocycles. The van der Waals surface area contributed by atoms with Crippen molar-refractivity contribution in [1.29, 1.82) is 0 Å².